The van der Waals surface area contributed by atoms with Crippen LogP contribution in [0.2, 0.25) is 0 Å². The summed E-state index contributed by atoms with van der Waals surface area (Å²) >= 11 is 0. The minimum Gasteiger partial charge on any atom is -0.497 e. The lowest BCUT2D eigenvalue weighted by atomic mass is 10.1. The molecule has 3 heteroatoms. The number of hydrogen-bond donors (Lipinski definition) is 1. The van der Waals surface area contributed by atoms with Crippen LogP contribution >= 0.6 is 0 Å². The molecule has 0 saturated carbocycles. The first-order valence-electron chi connectivity index (χ1n) is 6.27. The lowest BCUT2D eigenvalue weighted by Gasteiger charge is -2.18. The Morgan fingerprint density at radius 3 is 2.58 bits per heavy atom. The first-order valence-corrected chi connectivity index (χ1v) is 6.27. The number of aryl methyl sites for hydroxylation is 1. The van der Waals surface area contributed by atoms with Crippen LogP contribution in [0.4, 0.5) is 10.1 Å². The largest absolute Gasteiger partial charge is 0.497 e. The van der Waals surface area contributed by atoms with Gasteiger partial charge in [-0.3, -0.25) is 0 Å². The number of benzene rings is 2. The molecule has 0 amide bonds. The summed E-state index contributed by atoms with van der Waals surface area (Å²) in [7, 11) is 1.64. The van der Waals surface area contributed by atoms with Crippen molar-refractivity contribution in [1.29, 1.82) is 0 Å². The van der Waals surface area contributed by atoms with Gasteiger partial charge in [0.2, 0.25) is 0 Å². The van der Waals surface area contributed by atoms with Crippen LogP contribution in [0.5, 0.6) is 5.75 Å². The van der Waals surface area contributed by atoms with E-state index in [1.165, 1.54) is 6.07 Å². The fourth-order valence-electron chi connectivity index (χ4n) is 2.03. The van der Waals surface area contributed by atoms with E-state index >= 15 is 0 Å². The fourth-order valence-corrected chi connectivity index (χ4v) is 2.03. The van der Waals surface area contributed by atoms with Crippen molar-refractivity contribution < 1.29 is 9.13 Å². The zero-order chi connectivity index (χ0) is 13.8. The number of halogens is 1. The van der Waals surface area contributed by atoms with Crippen molar-refractivity contribution in [2.24, 2.45) is 0 Å². The summed E-state index contributed by atoms with van der Waals surface area (Å²) in [6.45, 7) is 3.89. The Balaban J connectivity index is 2.23. The topological polar surface area (TPSA) is 21.3 Å². The number of para-hydroxylation sites is 1. The molecule has 0 radical (unpaired) electrons. The van der Waals surface area contributed by atoms with Crippen molar-refractivity contribution in [2.45, 2.75) is 19.9 Å². The maximum Gasteiger partial charge on any atom is 0.146 e. The van der Waals surface area contributed by atoms with Crippen LogP contribution in [0.3, 0.4) is 0 Å². The molecular weight excluding hydrogens is 241 g/mol. The van der Waals surface area contributed by atoms with Crippen LogP contribution in [0.15, 0.2) is 42.5 Å². The smallest absolute Gasteiger partial charge is 0.146 e. The molecule has 0 aromatic heterocycles. The van der Waals surface area contributed by atoms with Gasteiger partial charge in [-0.25, -0.2) is 4.39 Å². The van der Waals surface area contributed by atoms with Crippen molar-refractivity contribution >= 4 is 5.69 Å². The molecule has 2 rings (SSSR count). The van der Waals surface area contributed by atoms with Crippen LogP contribution in [-0.4, -0.2) is 7.11 Å². The predicted octanol–water partition coefficient (Wildman–Crippen LogP) is 4.32. The van der Waals surface area contributed by atoms with Gasteiger partial charge in [-0.05, 0) is 43.2 Å². The Bertz CT molecular complexity index is 548. The third kappa shape index (κ3) is 3.05. The minimum atomic E-state index is -0.227. The van der Waals surface area contributed by atoms with E-state index < -0.39 is 0 Å². The second-order valence-electron chi connectivity index (χ2n) is 4.57. The highest BCUT2D eigenvalue weighted by molar-refractivity contribution is 5.53. The molecule has 0 aliphatic heterocycles. The highest BCUT2D eigenvalue weighted by Crippen LogP contribution is 2.26. The molecule has 0 bridgehead atoms. The number of anilines is 1. The first kappa shape index (κ1) is 13.4. The zero-order valence-electron chi connectivity index (χ0n) is 11.4. The molecule has 19 heavy (non-hydrogen) atoms. The third-order valence-electron chi connectivity index (χ3n) is 3.18. The van der Waals surface area contributed by atoms with Crippen molar-refractivity contribution in [3.05, 3.63) is 59.4 Å². The van der Waals surface area contributed by atoms with Gasteiger partial charge >= 0.3 is 0 Å². The summed E-state index contributed by atoms with van der Waals surface area (Å²) in [6, 6.07) is 12.9. The van der Waals surface area contributed by atoms with E-state index in [0.29, 0.717) is 5.69 Å². The number of nitrogens with one attached hydrogen (secondary N) is 1. The molecular formula is C16H18FNO. The molecule has 2 aromatic rings. The molecule has 1 unspecified atom stereocenters. The normalized spacial score (nSPS) is 12.0. The molecule has 0 aliphatic carbocycles. The molecule has 0 fully saturated rings. The van der Waals surface area contributed by atoms with Crippen LogP contribution in [0, 0.1) is 12.7 Å². The SMILES string of the molecule is COc1cccc(C(C)Nc2c(C)cccc2F)c1. The van der Waals surface area contributed by atoms with Gasteiger partial charge in [-0.15, -0.1) is 0 Å². The molecule has 0 saturated heterocycles. The maximum absolute atomic E-state index is 13.8. The quantitative estimate of drug-likeness (QED) is 0.883. The molecule has 1 N–H and O–H groups in total. The van der Waals surface area contributed by atoms with Crippen LogP contribution < -0.4 is 10.1 Å². The van der Waals surface area contributed by atoms with E-state index in [4.69, 9.17) is 4.74 Å². The molecule has 0 heterocycles. The summed E-state index contributed by atoms with van der Waals surface area (Å²) in [5.41, 5.74) is 2.51. The molecule has 0 aliphatic rings. The Morgan fingerprint density at radius 2 is 1.89 bits per heavy atom. The molecule has 0 spiro atoms. The Labute approximate surface area is 113 Å². The second-order valence-corrected chi connectivity index (χ2v) is 4.57. The van der Waals surface area contributed by atoms with E-state index in [2.05, 4.69) is 5.32 Å². The molecule has 2 nitrogen and oxygen atoms in total. The minimum absolute atomic E-state index is 0.00528. The van der Waals surface area contributed by atoms with E-state index in [9.17, 15) is 4.39 Å². The van der Waals surface area contributed by atoms with E-state index in [-0.39, 0.29) is 11.9 Å². The van der Waals surface area contributed by atoms with E-state index in [0.717, 1.165) is 16.9 Å². The number of methoxy groups -OCH3 is 1. The van der Waals surface area contributed by atoms with Crippen LogP contribution in [0.25, 0.3) is 0 Å². The Hall–Kier alpha value is -2.03. The number of ether oxygens (including phenoxy) is 1. The number of hydrogen-bond acceptors (Lipinski definition) is 2. The first-order chi connectivity index (χ1) is 9.11. The Kier molecular flexibility index (Phi) is 4.05. The van der Waals surface area contributed by atoms with Gasteiger partial charge in [-0.1, -0.05) is 24.3 Å². The monoisotopic (exact) mass is 259 g/mol. The molecule has 100 valence electrons. The Morgan fingerprint density at radius 1 is 1.16 bits per heavy atom. The van der Waals surface area contributed by atoms with Gasteiger partial charge < -0.3 is 10.1 Å². The fraction of sp³-hybridized carbons (Fsp3) is 0.250. The van der Waals surface area contributed by atoms with Crippen molar-refractivity contribution in [3.63, 3.8) is 0 Å². The highest BCUT2D eigenvalue weighted by atomic mass is 19.1. The van der Waals surface area contributed by atoms with E-state index in [1.807, 2.05) is 44.2 Å². The van der Waals surface area contributed by atoms with Gasteiger partial charge in [-0.2, -0.15) is 0 Å². The average Bonchev–Trinajstić information content (AvgIpc) is 2.43. The average molecular weight is 259 g/mol. The predicted molar refractivity (Wildman–Crippen MR) is 76.2 cm³/mol. The van der Waals surface area contributed by atoms with Crippen molar-refractivity contribution in [3.8, 4) is 5.75 Å². The van der Waals surface area contributed by atoms with Gasteiger partial charge in [0.15, 0.2) is 0 Å². The van der Waals surface area contributed by atoms with Gasteiger partial charge in [0.25, 0.3) is 0 Å². The summed E-state index contributed by atoms with van der Waals surface area (Å²) < 4.78 is 19.0. The van der Waals surface area contributed by atoms with Crippen LogP contribution in [-0.2, 0) is 0 Å². The lowest BCUT2D eigenvalue weighted by Crippen LogP contribution is -2.09. The summed E-state index contributed by atoms with van der Waals surface area (Å²) in [5.74, 6) is 0.575. The van der Waals surface area contributed by atoms with Crippen LogP contribution in [0.1, 0.15) is 24.1 Å². The zero-order valence-corrected chi connectivity index (χ0v) is 11.4. The van der Waals surface area contributed by atoms with Gasteiger partial charge in [0.1, 0.15) is 11.6 Å². The summed E-state index contributed by atoms with van der Waals surface area (Å²) in [5, 5.41) is 3.22. The molecule has 2 aromatic carbocycles. The molecule has 1 atom stereocenters. The summed E-state index contributed by atoms with van der Waals surface area (Å²) in [4.78, 5) is 0. The van der Waals surface area contributed by atoms with Gasteiger partial charge in [0.05, 0.1) is 12.8 Å². The van der Waals surface area contributed by atoms with Crippen molar-refractivity contribution in [1.82, 2.24) is 0 Å². The summed E-state index contributed by atoms with van der Waals surface area (Å²) in [6.07, 6.45) is 0. The lowest BCUT2D eigenvalue weighted by molar-refractivity contribution is 0.414. The van der Waals surface area contributed by atoms with Gasteiger partial charge in [0, 0.05) is 6.04 Å². The highest BCUT2D eigenvalue weighted by Gasteiger charge is 2.11. The maximum atomic E-state index is 13.8. The number of rotatable bonds is 4. The van der Waals surface area contributed by atoms with E-state index in [1.54, 1.807) is 13.2 Å². The third-order valence-corrected chi connectivity index (χ3v) is 3.18. The standard InChI is InChI=1S/C16H18FNO/c1-11-6-4-9-15(17)16(11)18-12(2)13-7-5-8-14(10-13)19-3/h4-10,12,18H,1-3H3. The van der Waals surface area contributed by atoms with Crippen molar-refractivity contribution in [2.75, 3.05) is 12.4 Å². The second kappa shape index (κ2) is 5.74.